The van der Waals surface area contributed by atoms with Crippen molar-refractivity contribution >= 4 is 17.7 Å². The Morgan fingerprint density at radius 2 is 2.20 bits per heavy atom. The molecule has 1 aromatic carbocycles. The molecule has 2 heterocycles. The van der Waals surface area contributed by atoms with Crippen LogP contribution in [-0.4, -0.2) is 36.4 Å². The molecule has 2 aromatic rings. The number of aromatic nitrogens is 1. The van der Waals surface area contributed by atoms with Gasteiger partial charge in [0.25, 0.3) is 0 Å². The summed E-state index contributed by atoms with van der Waals surface area (Å²) in [4.78, 5) is 24.8. The van der Waals surface area contributed by atoms with E-state index in [4.69, 9.17) is 9.26 Å². The fourth-order valence-corrected chi connectivity index (χ4v) is 3.40. The molecule has 130 valence electrons. The van der Waals surface area contributed by atoms with Crippen LogP contribution in [0.15, 0.2) is 28.9 Å². The number of cyclic esters (lactones) is 1. The van der Waals surface area contributed by atoms with Crippen LogP contribution >= 0.6 is 0 Å². The number of carbonyl (C=O) groups is 2. The number of nitrogens with one attached hydrogen (secondary N) is 1. The van der Waals surface area contributed by atoms with Gasteiger partial charge < -0.3 is 14.6 Å². The lowest BCUT2D eigenvalue weighted by Gasteiger charge is -2.15. The fraction of sp³-hybridized carbons (Fsp3) is 0.389. The largest absolute Gasteiger partial charge is 0.442 e. The van der Waals surface area contributed by atoms with Gasteiger partial charge in [0.1, 0.15) is 6.10 Å². The van der Waals surface area contributed by atoms with Gasteiger partial charge in [0.2, 0.25) is 5.91 Å². The molecule has 1 fully saturated rings. The summed E-state index contributed by atoms with van der Waals surface area (Å²) in [7, 11) is 0. The molecule has 1 saturated heterocycles. The molecule has 7 nitrogen and oxygen atoms in total. The maximum atomic E-state index is 12.2. The summed E-state index contributed by atoms with van der Waals surface area (Å²) in [6.07, 6.45) is 3.93. The summed E-state index contributed by atoms with van der Waals surface area (Å²) >= 11 is 0. The molecule has 7 heteroatoms. The van der Waals surface area contributed by atoms with Crippen molar-refractivity contribution in [3.63, 3.8) is 0 Å². The Labute approximate surface area is 144 Å². The first-order chi connectivity index (χ1) is 12.1. The third kappa shape index (κ3) is 2.97. The second-order valence-electron chi connectivity index (χ2n) is 6.43. The van der Waals surface area contributed by atoms with Crippen molar-refractivity contribution in [1.82, 2.24) is 10.5 Å². The number of ether oxygens (including phenoxy) is 1. The highest BCUT2D eigenvalue weighted by Crippen LogP contribution is 2.35. The van der Waals surface area contributed by atoms with E-state index in [9.17, 15) is 9.59 Å². The Balaban J connectivity index is 1.58. The van der Waals surface area contributed by atoms with Gasteiger partial charge in [-0.25, -0.2) is 4.79 Å². The van der Waals surface area contributed by atoms with Crippen molar-refractivity contribution < 1.29 is 18.8 Å². The average Bonchev–Trinajstić information content (AvgIpc) is 3.15. The molecule has 0 unspecified atom stereocenters. The summed E-state index contributed by atoms with van der Waals surface area (Å²) in [6.45, 7) is 2.19. The lowest BCUT2D eigenvalue weighted by atomic mass is 10.0. The molecular formula is C18H19N3O4. The molecule has 1 atom stereocenters. The van der Waals surface area contributed by atoms with Crippen LogP contribution in [0, 0.1) is 0 Å². The van der Waals surface area contributed by atoms with Crippen LogP contribution in [0.25, 0.3) is 11.3 Å². The second kappa shape index (κ2) is 6.23. The number of aryl methyl sites for hydroxylation is 2. The topological polar surface area (TPSA) is 84.7 Å². The van der Waals surface area contributed by atoms with E-state index in [-0.39, 0.29) is 18.1 Å². The van der Waals surface area contributed by atoms with Crippen LogP contribution in [0.3, 0.4) is 0 Å². The molecular weight excluding hydrogens is 322 g/mol. The number of hydrogen-bond donors (Lipinski definition) is 1. The molecule has 1 aliphatic heterocycles. The van der Waals surface area contributed by atoms with E-state index in [2.05, 4.69) is 10.5 Å². The van der Waals surface area contributed by atoms with Crippen molar-refractivity contribution in [3.05, 3.63) is 35.5 Å². The highest BCUT2D eigenvalue weighted by atomic mass is 16.6. The predicted molar refractivity (Wildman–Crippen MR) is 90.3 cm³/mol. The van der Waals surface area contributed by atoms with Gasteiger partial charge in [-0.05, 0) is 43.0 Å². The van der Waals surface area contributed by atoms with Crippen LogP contribution in [0.2, 0.25) is 0 Å². The SMILES string of the molecule is CC(=O)NC[C@H]1CN(c2ccc3c(c2)CCCc2cnoc2-3)C(=O)O1. The van der Waals surface area contributed by atoms with Gasteiger partial charge in [-0.1, -0.05) is 5.16 Å². The Morgan fingerprint density at radius 3 is 3.04 bits per heavy atom. The van der Waals surface area contributed by atoms with E-state index in [1.807, 2.05) is 18.2 Å². The van der Waals surface area contributed by atoms with Crippen molar-refractivity contribution in [2.24, 2.45) is 0 Å². The highest BCUT2D eigenvalue weighted by Gasteiger charge is 2.33. The Morgan fingerprint density at radius 1 is 1.36 bits per heavy atom. The molecule has 25 heavy (non-hydrogen) atoms. The number of nitrogens with zero attached hydrogens (tertiary/aromatic N) is 2. The number of rotatable bonds is 3. The molecule has 0 spiro atoms. The minimum atomic E-state index is -0.385. The first-order valence-electron chi connectivity index (χ1n) is 8.41. The Bertz CT molecular complexity index is 829. The minimum Gasteiger partial charge on any atom is -0.442 e. The van der Waals surface area contributed by atoms with Gasteiger partial charge in [0.05, 0.1) is 19.3 Å². The quantitative estimate of drug-likeness (QED) is 0.926. The smallest absolute Gasteiger partial charge is 0.414 e. The molecule has 2 amide bonds. The molecule has 1 aromatic heterocycles. The number of anilines is 1. The van der Waals surface area contributed by atoms with Crippen LogP contribution < -0.4 is 10.2 Å². The summed E-state index contributed by atoms with van der Waals surface area (Å²) in [5, 5.41) is 6.59. The van der Waals surface area contributed by atoms with E-state index >= 15 is 0 Å². The highest BCUT2D eigenvalue weighted by molar-refractivity contribution is 5.90. The van der Waals surface area contributed by atoms with Crippen LogP contribution in [0.4, 0.5) is 10.5 Å². The average molecular weight is 341 g/mol. The molecule has 1 N–H and O–H groups in total. The maximum absolute atomic E-state index is 12.2. The predicted octanol–water partition coefficient (Wildman–Crippen LogP) is 2.29. The van der Waals surface area contributed by atoms with E-state index in [0.717, 1.165) is 47.4 Å². The molecule has 0 saturated carbocycles. The van der Waals surface area contributed by atoms with Gasteiger partial charge in [-0.2, -0.15) is 0 Å². The summed E-state index contributed by atoms with van der Waals surface area (Å²) in [5.41, 5.74) is 4.11. The van der Waals surface area contributed by atoms with Crippen molar-refractivity contribution in [2.75, 3.05) is 18.0 Å². The number of benzene rings is 1. The Hall–Kier alpha value is -2.83. The van der Waals surface area contributed by atoms with Crippen LogP contribution in [-0.2, 0) is 22.4 Å². The first kappa shape index (κ1) is 15.7. The molecule has 4 rings (SSSR count). The lowest BCUT2D eigenvalue weighted by molar-refractivity contribution is -0.119. The molecule has 1 aliphatic carbocycles. The maximum Gasteiger partial charge on any atom is 0.414 e. The zero-order valence-corrected chi connectivity index (χ0v) is 13.9. The normalized spacial score (nSPS) is 19.0. The second-order valence-corrected chi connectivity index (χ2v) is 6.43. The number of fused-ring (bicyclic) bond motifs is 3. The van der Waals surface area contributed by atoms with E-state index < -0.39 is 0 Å². The standard InChI is InChI=1S/C18H19N3O4/c1-11(22)19-9-15-10-21(18(23)24-15)14-5-6-16-12(7-14)3-2-4-13-8-20-25-17(13)16/h5-8,15H,2-4,9-10H2,1H3,(H,19,22)/t15-/m0/s1. The monoisotopic (exact) mass is 341 g/mol. The Kier molecular flexibility index (Phi) is 3.91. The minimum absolute atomic E-state index is 0.137. The van der Waals surface area contributed by atoms with Crippen LogP contribution in [0.5, 0.6) is 0 Å². The first-order valence-corrected chi connectivity index (χ1v) is 8.41. The lowest BCUT2D eigenvalue weighted by Crippen LogP contribution is -2.33. The van der Waals surface area contributed by atoms with Crippen molar-refractivity contribution in [3.8, 4) is 11.3 Å². The van der Waals surface area contributed by atoms with Crippen LogP contribution in [0.1, 0.15) is 24.5 Å². The van der Waals surface area contributed by atoms with E-state index in [1.54, 1.807) is 11.1 Å². The number of hydrogen-bond acceptors (Lipinski definition) is 5. The van der Waals surface area contributed by atoms with Gasteiger partial charge in [0, 0.05) is 23.7 Å². The van der Waals surface area contributed by atoms with Gasteiger partial charge in [-0.15, -0.1) is 0 Å². The van der Waals surface area contributed by atoms with E-state index in [1.165, 1.54) is 6.92 Å². The van der Waals surface area contributed by atoms with Gasteiger partial charge >= 0.3 is 6.09 Å². The summed E-state index contributed by atoms with van der Waals surface area (Å²) in [6, 6.07) is 5.90. The fourth-order valence-electron chi connectivity index (χ4n) is 3.40. The summed E-state index contributed by atoms with van der Waals surface area (Å²) in [5.74, 6) is 0.689. The zero-order chi connectivity index (χ0) is 17.4. The molecule has 0 radical (unpaired) electrons. The zero-order valence-electron chi connectivity index (χ0n) is 13.9. The van der Waals surface area contributed by atoms with Crippen molar-refractivity contribution in [2.45, 2.75) is 32.3 Å². The molecule has 0 bridgehead atoms. The van der Waals surface area contributed by atoms with E-state index in [0.29, 0.717) is 13.1 Å². The van der Waals surface area contributed by atoms with Crippen molar-refractivity contribution in [1.29, 1.82) is 0 Å². The number of carbonyl (C=O) groups excluding carboxylic acids is 2. The third-order valence-electron chi connectivity index (χ3n) is 4.63. The third-order valence-corrected chi connectivity index (χ3v) is 4.63. The summed E-state index contributed by atoms with van der Waals surface area (Å²) < 4.78 is 10.8. The van der Waals surface area contributed by atoms with Gasteiger partial charge in [-0.3, -0.25) is 9.69 Å². The van der Waals surface area contributed by atoms with Gasteiger partial charge in [0.15, 0.2) is 5.76 Å². The number of amides is 2. The molecule has 2 aliphatic rings.